The summed E-state index contributed by atoms with van der Waals surface area (Å²) in [5, 5.41) is -0.332. The van der Waals surface area contributed by atoms with Crippen LogP contribution >= 0.6 is 0 Å². The van der Waals surface area contributed by atoms with E-state index >= 15 is 0 Å². The standard InChI is InChI=1S/C11H21NO4S/c1-9(2)17(14,15)7-6-12-5-4-10(8-12)11(13)16-3/h9-10H,4-8H2,1-3H3. The molecule has 1 atom stereocenters. The maximum atomic E-state index is 11.6. The number of esters is 1. The van der Waals surface area contributed by atoms with Gasteiger partial charge < -0.3 is 9.64 Å². The van der Waals surface area contributed by atoms with E-state index in [1.54, 1.807) is 13.8 Å². The van der Waals surface area contributed by atoms with Crippen LogP contribution in [-0.2, 0) is 19.4 Å². The third-order valence-corrected chi connectivity index (χ3v) is 5.41. The molecule has 0 radical (unpaired) electrons. The molecule has 1 heterocycles. The molecule has 1 unspecified atom stereocenters. The Morgan fingerprint density at radius 1 is 1.47 bits per heavy atom. The van der Waals surface area contributed by atoms with Crippen molar-refractivity contribution >= 4 is 15.8 Å². The maximum absolute atomic E-state index is 11.6. The zero-order valence-electron chi connectivity index (χ0n) is 10.7. The lowest BCUT2D eigenvalue weighted by atomic mass is 10.1. The smallest absolute Gasteiger partial charge is 0.310 e. The van der Waals surface area contributed by atoms with Gasteiger partial charge in [0.25, 0.3) is 0 Å². The molecular formula is C11H21NO4S. The Hall–Kier alpha value is -0.620. The van der Waals surface area contributed by atoms with E-state index in [0.29, 0.717) is 13.1 Å². The minimum Gasteiger partial charge on any atom is -0.469 e. The Labute approximate surface area is 103 Å². The van der Waals surface area contributed by atoms with Crippen molar-refractivity contribution in [1.82, 2.24) is 4.90 Å². The summed E-state index contributed by atoms with van der Waals surface area (Å²) in [6.07, 6.45) is 0.758. The second-order valence-electron chi connectivity index (χ2n) is 4.73. The van der Waals surface area contributed by atoms with Crippen molar-refractivity contribution in [1.29, 1.82) is 0 Å². The Morgan fingerprint density at radius 2 is 2.12 bits per heavy atom. The first kappa shape index (κ1) is 14.4. The van der Waals surface area contributed by atoms with E-state index < -0.39 is 9.84 Å². The molecule has 0 amide bonds. The minimum atomic E-state index is -2.99. The van der Waals surface area contributed by atoms with Crippen LogP contribution in [0.4, 0.5) is 0 Å². The number of hydrogen-bond donors (Lipinski definition) is 0. The fourth-order valence-electron chi connectivity index (χ4n) is 1.89. The van der Waals surface area contributed by atoms with E-state index in [1.807, 2.05) is 4.90 Å². The van der Waals surface area contributed by atoms with Crippen LogP contribution in [0, 0.1) is 5.92 Å². The minimum absolute atomic E-state index is 0.0956. The van der Waals surface area contributed by atoms with Crippen LogP contribution in [0.3, 0.4) is 0 Å². The van der Waals surface area contributed by atoms with Crippen molar-refractivity contribution in [2.24, 2.45) is 5.92 Å². The van der Waals surface area contributed by atoms with Gasteiger partial charge in [-0.15, -0.1) is 0 Å². The number of hydrogen-bond acceptors (Lipinski definition) is 5. The number of likely N-dealkylation sites (tertiary alicyclic amines) is 1. The van der Waals surface area contributed by atoms with E-state index in [2.05, 4.69) is 4.74 Å². The molecule has 0 spiro atoms. The lowest BCUT2D eigenvalue weighted by Crippen LogP contribution is -2.31. The van der Waals surface area contributed by atoms with Gasteiger partial charge in [-0.1, -0.05) is 0 Å². The molecule has 0 bridgehead atoms. The van der Waals surface area contributed by atoms with Crippen LogP contribution in [-0.4, -0.2) is 57.0 Å². The second kappa shape index (κ2) is 5.82. The summed E-state index contributed by atoms with van der Waals surface area (Å²) in [5.74, 6) is -0.126. The Bertz CT molecular complexity index is 364. The molecular weight excluding hydrogens is 242 g/mol. The number of carbonyl (C=O) groups excluding carboxylic acids is 1. The largest absolute Gasteiger partial charge is 0.469 e. The zero-order chi connectivity index (χ0) is 13.1. The third-order valence-electron chi connectivity index (χ3n) is 3.22. The molecule has 0 aliphatic carbocycles. The Morgan fingerprint density at radius 3 is 2.65 bits per heavy atom. The van der Waals surface area contributed by atoms with E-state index in [-0.39, 0.29) is 22.9 Å². The molecule has 1 saturated heterocycles. The SMILES string of the molecule is COC(=O)C1CCN(CCS(=O)(=O)C(C)C)C1. The lowest BCUT2D eigenvalue weighted by molar-refractivity contribution is -0.144. The molecule has 0 aromatic rings. The predicted molar refractivity (Wildman–Crippen MR) is 65.5 cm³/mol. The van der Waals surface area contributed by atoms with Crippen LogP contribution in [0.25, 0.3) is 0 Å². The number of methoxy groups -OCH3 is 1. The summed E-state index contributed by atoms with van der Waals surface area (Å²) >= 11 is 0. The predicted octanol–water partition coefficient (Wildman–Crippen LogP) is 0.305. The Balaban J connectivity index is 2.39. The summed E-state index contributed by atoms with van der Waals surface area (Å²) in [5.41, 5.74) is 0. The highest BCUT2D eigenvalue weighted by molar-refractivity contribution is 7.92. The number of rotatable bonds is 5. The topological polar surface area (TPSA) is 63.7 Å². The highest BCUT2D eigenvalue weighted by Gasteiger charge is 2.29. The number of carbonyl (C=O) groups is 1. The fourth-order valence-corrected chi connectivity index (χ4v) is 2.87. The van der Waals surface area contributed by atoms with Crippen LogP contribution in [0.2, 0.25) is 0 Å². The van der Waals surface area contributed by atoms with Crippen LogP contribution in [0.1, 0.15) is 20.3 Å². The maximum Gasteiger partial charge on any atom is 0.310 e. The van der Waals surface area contributed by atoms with Gasteiger partial charge in [0.15, 0.2) is 9.84 Å². The summed E-state index contributed by atoms with van der Waals surface area (Å²) < 4.78 is 28.0. The van der Waals surface area contributed by atoms with E-state index in [4.69, 9.17) is 0 Å². The van der Waals surface area contributed by atoms with Crippen LogP contribution in [0.5, 0.6) is 0 Å². The zero-order valence-corrected chi connectivity index (χ0v) is 11.5. The molecule has 17 heavy (non-hydrogen) atoms. The summed E-state index contributed by atoms with van der Waals surface area (Å²) in [6.45, 7) is 5.27. The van der Waals surface area contributed by atoms with Crippen molar-refractivity contribution in [3.63, 3.8) is 0 Å². The molecule has 0 saturated carbocycles. The molecule has 6 heteroatoms. The van der Waals surface area contributed by atoms with Gasteiger partial charge in [0.1, 0.15) is 0 Å². The molecule has 1 aliphatic rings. The molecule has 5 nitrogen and oxygen atoms in total. The molecule has 0 aromatic carbocycles. The summed E-state index contributed by atoms with van der Waals surface area (Å²) in [4.78, 5) is 13.3. The first-order valence-corrected chi connectivity index (χ1v) is 7.60. The first-order valence-electron chi connectivity index (χ1n) is 5.88. The van der Waals surface area contributed by atoms with Crippen molar-refractivity contribution in [2.45, 2.75) is 25.5 Å². The normalized spacial score (nSPS) is 22.0. The molecule has 1 rings (SSSR count). The van der Waals surface area contributed by atoms with Crippen molar-refractivity contribution in [2.75, 3.05) is 32.5 Å². The number of sulfone groups is 1. The fraction of sp³-hybridized carbons (Fsp3) is 0.909. The monoisotopic (exact) mass is 263 g/mol. The summed E-state index contributed by atoms with van der Waals surface area (Å²) in [6, 6.07) is 0. The Kier molecular flexibility index (Phi) is 4.94. The van der Waals surface area contributed by atoms with Gasteiger partial charge in [-0.05, 0) is 26.8 Å². The quantitative estimate of drug-likeness (QED) is 0.668. The molecule has 0 aromatic heterocycles. The van der Waals surface area contributed by atoms with Crippen LogP contribution < -0.4 is 0 Å². The molecule has 100 valence electrons. The lowest BCUT2D eigenvalue weighted by Gasteiger charge is -2.16. The van der Waals surface area contributed by atoms with Crippen molar-refractivity contribution in [3.05, 3.63) is 0 Å². The summed E-state index contributed by atoms with van der Waals surface area (Å²) in [7, 11) is -1.60. The second-order valence-corrected chi connectivity index (χ2v) is 7.40. The van der Waals surface area contributed by atoms with Gasteiger partial charge in [-0.2, -0.15) is 0 Å². The van der Waals surface area contributed by atoms with Gasteiger partial charge in [-0.25, -0.2) is 8.42 Å². The van der Waals surface area contributed by atoms with Crippen molar-refractivity contribution < 1.29 is 17.9 Å². The van der Waals surface area contributed by atoms with E-state index in [0.717, 1.165) is 13.0 Å². The van der Waals surface area contributed by atoms with Gasteiger partial charge in [0.05, 0.1) is 24.0 Å². The highest BCUT2D eigenvalue weighted by atomic mass is 32.2. The molecule has 1 aliphatic heterocycles. The molecule has 1 fully saturated rings. The number of nitrogens with zero attached hydrogens (tertiary/aromatic N) is 1. The van der Waals surface area contributed by atoms with Gasteiger partial charge in [0.2, 0.25) is 0 Å². The molecule has 0 N–H and O–H groups in total. The highest BCUT2D eigenvalue weighted by Crippen LogP contribution is 2.17. The van der Waals surface area contributed by atoms with Crippen LogP contribution in [0.15, 0.2) is 0 Å². The average molecular weight is 263 g/mol. The van der Waals surface area contributed by atoms with Gasteiger partial charge in [-0.3, -0.25) is 4.79 Å². The average Bonchev–Trinajstić information content (AvgIpc) is 2.74. The first-order chi connectivity index (χ1) is 7.86. The third kappa shape index (κ3) is 3.96. The van der Waals surface area contributed by atoms with Crippen molar-refractivity contribution in [3.8, 4) is 0 Å². The van der Waals surface area contributed by atoms with Gasteiger partial charge in [0, 0.05) is 13.1 Å². The number of ether oxygens (including phenoxy) is 1. The van der Waals surface area contributed by atoms with Gasteiger partial charge >= 0.3 is 5.97 Å². The van der Waals surface area contributed by atoms with E-state index in [1.165, 1.54) is 7.11 Å². The van der Waals surface area contributed by atoms with E-state index in [9.17, 15) is 13.2 Å².